The number of nitrogens with zero attached hydrogens (tertiary/aromatic N) is 1. The van der Waals surface area contributed by atoms with Crippen molar-refractivity contribution in [3.63, 3.8) is 0 Å². The Morgan fingerprint density at radius 3 is 2.08 bits per heavy atom. The van der Waals surface area contributed by atoms with Crippen molar-refractivity contribution < 1.29 is 4.79 Å². The second-order valence-electron chi connectivity index (χ2n) is 5.60. The number of fused-ring (bicyclic) bond motifs is 1. The molecule has 3 aromatic carbocycles. The molecule has 0 N–H and O–H groups in total. The van der Waals surface area contributed by atoms with Crippen molar-refractivity contribution >= 4 is 46.0 Å². The van der Waals surface area contributed by atoms with Crippen LogP contribution in [-0.4, -0.2) is 5.91 Å². The van der Waals surface area contributed by atoms with E-state index in [1.807, 2.05) is 78.9 Å². The summed E-state index contributed by atoms with van der Waals surface area (Å²) in [5.74, 6) is 0.0222. The minimum absolute atomic E-state index is 0.0222. The average molecular weight is 423 g/mol. The molecule has 116 valence electrons. The molecule has 0 aromatic heterocycles. The van der Waals surface area contributed by atoms with E-state index in [1.165, 1.54) is 0 Å². The van der Waals surface area contributed by atoms with Crippen LogP contribution in [0.25, 0.3) is 11.8 Å². The summed E-state index contributed by atoms with van der Waals surface area (Å²) in [7, 11) is 0. The SMILES string of the molecule is O=C1c2ccccc2C(=Cc2ccccc2)N1c1ccc(I)cc1. The lowest BCUT2D eigenvalue weighted by molar-refractivity contribution is 0.101. The van der Waals surface area contributed by atoms with Gasteiger partial charge in [-0.3, -0.25) is 9.69 Å². The van der Waals surface area contributed by atoms with Crippen molar-refractivity contribution in [3.8, 4) is 0 Å². The maximum atomic E-state index is 13.0. The summed E-state index contributed by atoms with van der Waals surface area (Å²) in [5, 5.41) is 0. The number of anilines is 1. The van der Waals surface area contributed by atoms with E-state index in [2.05, 4.69) is 28.7 Å². The van der Waals surface area contributed by atoms with Crippen molar-refractivity contribution in [1.82, 2.24) is 0 Å². The van der Waals surface area contributed by atoms with Crippen LogP contribution in [0.15, 0.2) is 78.9 Å². The molecule has 1 aliphatic heterocycles. The van der Waals surface area contributed by atoms with E-state index in [9.17, 15) is 4.79 Å². The highest BCUT2D eigenvalue weighted by Crippen LogP contribution is 2.37. The largest absolute Gasteiger partial charge is 0.276 e. The fourth-order valence-electron chi connectivity index (χ4n) is 2.94. The molecule has 0 saturated heterocycles. The first-order valence-electron chi connectivity index (χ1n) is 7.70. The third-order valence-corrected chi connectivity index (χ3v) is 4.78. The van der Waals surface area contributed by atoms with Crippen LogP contribution in [0.3, 0.4) is 0 Å². The van der Waals surface area contributed by atoms with Gasteiger partial charge in [0, 0.05) is 20.4 Å². The summed E-state index contributed by atoms with van der Waals surface area (Å²) in [6.07, 6.45) is 2.07. The van der Waals surface area contributed by atoms with Crippen LogP contribution in [0.4, 0.5) is 5.69 Å². The molecule has 0 bridgehead atoms. The first kappa shape index (κ1) is 15.1. The van der Waals surface area contributed by atoms with Crippen molar-refractivity contribution in [2.45, 2.75) is 0 Å². The molecule has 0 fully saturated rings. The number of benzene rings is 3. The van der Waals surface area contributed by atoms with Crippen LogP contribution in [-0.2, 0) is 0 Å². The molecule has 24 heavy (non-hydrogen) atoms. The zero-order chi connectivity index (χ0) is 16.5. The Balaban J connectivity index is 1.90. The third-order valence-electron chi connectivity index (χ3n) is 4.07. The third kappa shape index (κ3) is 2.65. The molecular formula is C21H14INO. The molecule has 0 aliphatic carbocycles. The second-order valence-corrected chi connectivity index (χ2v) is 6.85. The van der Waals surface area contributed by atoms with Gasteiger partial charge >= 0.3 is 0 Å². The number of hydrogen-bond acceptors (Lipinski definition) is 1. The number of carbonyl (C=O) groups excluding carboxylic acids is 1. The standard InChI is InChI=1S/C21H14INO/c22-16-10-12-17(13-11-16)23-20(14-15-6-2-1-3-7-15)18-8-4-5-9-19(18)21(23)24/h1-14H. The summed E-state index contributed by atoms with van der Waals surface area (Å²) in [4.78, 5) is 14.8. The fraction of sp³-hybridized carbons (Fsp3) is 0. The Bertz CT molecular complexity index is 930. The first-order valence-corrected chi connectivity index (χ1v) is 8.78. The summed E-state index contributed by atoms with van der Waals surface area (Å²) in [6.45, 7) is 0. The van der Waals surface area contributed by atoms with Crippen molar-refractivity contribution in [2.75, 3.05) is 4.90 Å². The highest BCUT2D eigenvalue weighted by molar-refractivity contribution is 14.1. The number of amides is 1. The Kier molecular flexibility index (Phi) is 3.94. The smallest absolute Gasteiger partial charge is 0.263 e. The van der Waals surface area contributed by atoms with E-state index < -0.39 is 0 Å². The zero-order valence-electron chi connectivity index (χ0n) is 12.8. The molecule has 0 spiro atoms. The number of carbonyl (C=O) groups is 1. The number of rotatable bonds is 2. The van der Waals surface area contributed by atoms with Crippen LogP contribution in [0.2, 0.25) is 0 Å². The molecule has 4 rings (SSSR count). The molecule has 0 atom stereocenters. The highest BCUT2D eigenvalue weighted by atomic mass is 127. The number of hydrogen-bond donors (Lipinski definition) is 0. The van der Waals surface area contributed by atoms with Crippen LogP contribution in [0, 0.1) is 3.57 Å². The molecule has 3 aromatic rings. The summed E-state index contributed by atoms with van der Waals surface area (Å²) >= 11 is 2.27. The maximum absolute atomic E-state index is 13.0. The van der Waals surface area contributed by atoms with Gasteiger partial charge in [0.15, 0.2) is 0 Å². The van der Waals surface area contributed by atoms with Crippen LogP contribution >= 0.6 is 22.6 Å². The Labute approximate surface area is 154 Å². The van der Waals surface area contributed by atoms with E-state index in [-0.39, 0.29) is 5.91 Å². The molecule has 2 nitrogen and oxygen atoms in total. The van der Waals surface area contributed by atoms with Gasteiger partial charge in [-0.05, 0) is 64.6 Å². The predicted octanol–water partition coefficient (Wildman–Crippen LogP) is 5.45. The molecule has 0 radical (unpaired) electrons. The minimum Gasteiger partial charge on any atom is -0.276 e. The predicted molar refractivity (Wildman–Crippen MR) is 107 cm³/mol. The maximum Gasteiger partial charge on any atom is 0.263 e. The van der Waals surface area contributed by atoms with Gasteiger partial charge in [-0.15, -0.1) is 0 Å². The molecule has 0 unspecified atom stereocenters. The van der Waals surface area contributed by atoms with Crippen LogP contribution < -0.4 is 4.90 Å². The molecule has 1 heterocycles. The summed E-state index contributed by atoms with van der Waals surface area (Å²) in [5.41, 5.74) is 4.61. The highest BCUT2D eigenvalue weighted by Gasteiger charge is 2.32. The zero-order valence-corrected chi connectivity index (χ0v) is 15.0. The van der Waals surface area contributed by atoms with Gasteiger partial charge in [-0.25, -0.2) is 0 Å². The topological polar surface area (TPSA) is 20.3 Å². The summed E-state index contributed by atoms with van der Waals surface area (Å²) < 4.78 is 1.15. The Hall–Kier alpha value is -2.40. The van der Waals surface area contributed by atoms with E-state index in [0.717, 1.165) is 31.6 Å². The quantitative estimate of drug-likeness (QED) is 0.502. The van der Waals surface area contributed by atoms with Crippen molar-refractivity contribution in [1.29, 1.82) is 0 Å². The van der Waals surface area contributed by atoms with Crippen molar-refractivity contribution in [3.05, 3.63) is 99.1 Å². The minimum atomic E-state index is 0.0222. The molecule has 3 heteroatoms. The van der Waals surface area contributed by atoms with Gasteiger partial charge in [0.1, 0.15) is 0 Å². The Morgan fingerprint density at radius 1 is 0.750 bits per heavy atom. The van der Waals surface area contributed by atoms with Gasteiger partial charge in [0.2, 0.25) is 0 Å². The van der Waals surface area contributed by atoms with E-state index in [1.54, 1.807) is 4.90 Å². The van der Waals surface area contributed by atoms with Crippen LogP contribution in [0.5, 0.6) is 0 Å². The molecule has 1 amide bonds. The lowest BCUT2D eigenvalue weighted by Crippen LogP contribution is -2.22. The van der Waals surface area contributed by atoms with Gasteiger partial charge in [0.05, 0.1) is 5.70 Å². The molecule has 1 aliphatic rings. The van der Waals surface area contributed by atoms with Crippen LogP contribution in [0.1, 0.15) is 21.5 Å². The fourth-order valence-corrected chi connectivity index (χ4v) is 3.30. The van der Waals surface area contributed by atoms with Crippen molar-refractivity contribution in [2.24, 2.45) is 0 Å². The molecular weight excluding hydrogens is 409 g/mol. The normalized spacial score (nSPS) is 15.0. The molecule has 0 saturated carbocycles. The summed E-state index contributed by atoms with van der Waals surface area (Å²) in [6, 6.07) is 25.9. The monoisotopic (exact) mass is 423 g/mol. The average Bonchev–Trinajstić information content (AvgIpc) is 2.89. The van der Waals surface area contributed by atoms with Gasteiger partial charge < -0.3 is 0 Å². The van der Waals surface area contributed by atoms with E-state index in [4.69, 9.17) is 0 Å². The first-order chi connectivity index (χ1) is 11.7. The van der Waals surface area contributed by atoms with E-state index >= 15 is 0 Å². The van der Waals surface area contributed by atoms with Gasteiger partial charge in [0.25, 0.3) is 5.91 Å². The lowest BCUT2D eigenvalue weighted by Gasteiger charge is -2.19. The number of halogens is 1. The van der Waals surface area contributed by atoms with Gasteiger partial charge in [-0.1, -0.05) is 48.5 Å². The second kappa shape index (κ2) is 6.24. The lowest BCUT2D eigenvalue weighted by atomic mass is 10.1. The Morgan fingerprint density at radius 2 is 1.38 bits per heavy atom. The van der Waals surface area contributed by atoms with E-state index in [0.29, 0.717) is 0 Å². The van der Waals surface area contributed by atoms with Gasteiger partial charge in [-0.2, -0.15) is 0 Å².